The van der Waals surface area contributed by atoms with Gasteiger partial charge in [-0.3, -0.25) is 10.4 Å². The van der Waals surface area contributed by atoms with E-state index in [1.807, 2.05) is 19.1 Å². The van der Waals surface area contributed by atoms with Crippen LogP contribution < -0.4 is 5.43 Å². The molecule has 2 heteroatoms. The lowest BCUT2D eigenvalue weighted by Crippen LogP contribution is -2.37. The topological polar surface area (TPSA) is 15.3 Å². The van der Waals surface area contributed by atoms with Crippen molar-refractivity contribution < 1.29 is 0 Å². The molecule has 0 aliphatic carbocycles. The van der Waals surface area contributed by atoms with Crippen LogP contribution in [0.2, 0.25) is 0 Å². The van der Waals surface area contributed by atoms with Gasteiger partial charge in [0.2, 0.25) is 0 Å². The zero-order chi connectivity index (χ0) is 6.57. The maximum absolute atomic E-state index is 3.23. The second-order valence-electron chi connectivity index (χ2n) is 2.33. The fourth-order valence-electron chi connectivity index (χ4n) is 0.532. The zero-order valence-corrected chi connectivity index (χ0v) is 6.23. The molecular weight excluding hydrogens is 100 g/mol. The fourth-order valence-corrected chi connectivity index (χ4v) is 0.532. The molecule has 0 rings (SSSR count). The molecule has 0 bridgehead atoms. The Bertz CT molecular complexity index is 52.5. The number of nitrogens with one attached hydrogen (secondary N) is 1. The standard InChI is InChI=1S/C6H16N2/c1-5-6(2)7-8(3)4/h6-7H,5H2,1-4H3/t6-/m0/s1. The van der Waals surface area contributed by atoms with Crippen LogP contribution in [0.25, 0.3) is 0 Å². The first-order chi connectivity index (χ1) is 3.66. The van der Waals surface area contributed by atoms with Crippen LogP contribution in [0, 0.1) is 0 Å². The van der Waals surface area contributed by atoms with E-state index in [0.717, 1.165) is 0 Å². The van der Waals surface area contributed by atoms with Gasteiger partial charge < -0.3 is 0 Å². The molecule has 8 heavy (non-hydrogen) atoms. The van der Waals surface area contributed by atoms with Crippen molar-refractivity contribution in [2.45, 2.75) is 26.3 Å². The SMILES string of the molecule is CC[C@H](C)NN(C)C. The van der Waals surface area contributed by atoms with Gasteiger partial charge in [-0.1, -0.05) is 6.92 Å². The largest absolute Gasteiger partial charge is 0.253 e. The second kappa shape index (κ2) is 3.87. The minimum Gasteiger partial charge on any atom is -0.253 e. The van der Waals surface area contributed by atoms with Crippen molar-refractivity contribution in [3.8, 4) is 0 Å². The molecule has 0 unspecified atom stereocenters. The van der Waals surface area contributed by atoms with Crippen LogP contribution in [0.3, 0.4) is 0 Å². The van der Waals surface area contributed by atoms with Gasteiger partial charge in [-0.2, -0.15) is 0 Å². The van der Waals surface area contributed by atoms with E-state index in [2.05, 4.69) is 19.3 Å². The van der Waals surface area contributed by atoms with Crippen molar-refractivity contribution in [1.29, 1.82) is 0 Å². The highest BCUT2D eigenvalue weighted by atomic mass is 15.5. The van der Waals surface area contributed by atoms with E-state index in [0.29, 0.717) is 6.04 Å². The Balaban J connectivity index is 3.10. The number of hydrogen-bond acceptors (Lipinski definition) is 2. The Labute approximate surface area is 51.8 Å². The van der Waals surface area contributed by atoms with Gasteiger partial charge in [0, 0.05) is 20.1 Å². The van der Waals surface area contributed by atoms with E-state index in [-0.39, 0.29) is 0 Å². The van der Waals surface area contributed by atoms with E-state index in [1.165, 1.54) is 6.42 Å². The molecular formula is C6H16N2. The molecule has 0 spiro atoms. The van der Waals surface area contributed by atoms with Crippen molar-refractivity contribution in [3.63, 3.8) is 0 Å². The van der Waals surface area contributed by atoms with E-state index in [4.69, 9.17) is 0 Å². The number of nitrogens with zero attached hydrogens (tertiary/aromatic N) is 1. The predicted octanol–water partition coefficient (Wildman–Crippen LogP) is 0.851. The van der Waals surface area contributed by atoms with E-state index in [9.17, 15) is 0 Å². The van der Waals surface area contributed by atoms with Gasteiger partial charge in [-0.15, -0.1) is 0 Å². The molecule has 0 aliphatic heterocycles. The van der Waals surface area contributed by atoms with Crippen LogP contribution in [0.4, 0.5) is 0 Å². The lowest BCUT2D eigenvalue weighted by molar-refractivity contribution is 0.247. The highest BCUT2D eigenvalue weighted by molar-refractivity contribution is 4.50. The third kappa shape index (κ3) is 4.09. The summed E-state index contributed by atoms with van der Waals surface area (Å²) in [5, 5.41) is 1.98. The van der Waals surface area contributed by atoms with Crippen molar-refractivity contribution >= 4 is 0 Å². The van der Waals surface area contributed by atoms with Crippen LogP contribution in [-0.4, -0.2) is 25.1 Å². The average molecular weight is 116 g/mol. The molecule has 1 atom stereocenters. The Hall–Kier alpha value is -0.0800. The second-order valence-corrected chi connectivity index (χ2v) is 2.33. The molecule has 0 saturated carbocycles. The Morgan fingerprint density at radius 1 is 1.50 bits per heavy atom. The lowest BCUT2D eigenvalue weighted by Gasteiger charge is -2.16. The molecule has 0 radical (unpaired) electrons. The summed E-state index contributed by atoms with van der Waals surface area (Å²) in [7, 11) is 4.01. The van der Waals surface area contributed by atoms with Crippen LogP contribution in [-0.2, 0) is 0 Å². The molecule has 0 fully saturated rings. The van der Waals surface area contributed by atoms with Gasteiger partial charge in [0.25, 0.3) is 0 Å². The highest BCUT2D eigenvalue weighted by Gasteiger charge is 1.95. The lowest BCUT2D eigenvalue weighted by atomic mass is 10.3. The molecule has 0 amide bonds. The average Bonchev–Trinajstić information content (AvgIpc) is 1.65. The summed E-state index contributed by atoms with van der Waals surface area (Å²) >= 11 is 0. The number of hydrogen-bond donors (Lipinski definition) is 1. The molecule has 0 heterocycles. The van der Waals surface area contributed by atoms with Gasteiger partial charge in [0.15, 0.2) is 0 Å². The third-order valence-electron chi connectivity index (χ3n) is 1.09. The number of hydrazine groups is 1. The maximum atomic E-state index is 3.23. The quantitative estimate of drug-likeness (QED) is 0.550. The van der Waals surface area contributed by atoms with Gasteiger partial charge in [0.05, 0.1) is 0 Å². The minimum absolute atomic E-state index is 0.602. The summed E-state index contributed by atoms with van der Waals surface area (Å²) in [5.74, 6) is 0. The van der Waals surface area contributed by atoms with Crippen LogP contribution in [0.5, 0.6) is 0 Å². The van der Waals surface area contributed by atoms with Crippen LogP contribution in [0.15, 0.2) is 0 Å². The van der Waals surface area contributed by atoms with Gasteiger partial charge in [0.1, 0.15) is 0 Å². The molecule has 0 aromatic heterocycles. The summed E-state index contributed by atoms with van der Waals surface area (Å²) in [4.78, 5) is 0. The highest BCUT2D eigenvalue weighted by Crippen LogP contribution is 1.86. The summed E-state index contributed by atoms with van der Waals surface area (Å²) in [6.45, 7) is 4.33. The van der Waals surface area contributed by atoms with E-state index < -0.39 is 0 Å². The normalized spacial score (nSPS) is 14.6. The maximum Gasteiger partial charge on any atom is 0.0184 e. The fraction of sp³-hybridized carbons (Fsp3) is 1.00. The number of rotatable bonds is 3. The van der Waals surface area contributed by atoms with Crippen molar-refractivity contribution in [3.05, 3.63) is 0 Å². The third-order valence-corrected chi connectivity index (χ3v) is 1.09. The molecule has 0 aromatic rings. The first-order valence-corrected chi connectivity index (χ1v) is 3.10. The zero-order valence-electron chi connectivity index (χ0n) is 6.23. The summed E-state index contributed by atoms with van der Waals surface area (Å²) in [6, 6.07) is 0.602. The van der Waals surface area contributed by atoms with Crippen LogP contribution in [0.1, 0.15) is 20.3 Å². The van der Waals surface area contributed by atoms with Gasteiger partial charge in [-0.25, -0.2) is 0 Å². The Morgan fingerprint density at radius 3 is 2.12 bits per heavy atom. The van der Waals surface area contributed by atoms with Crippen molar-refractivity contribution in [1.82, 2.24) is 10.4 Å². The monoisotopic (exact) mass is 116 g/mol. The van der Waals surface area contributed by atoms with Gasteiger partial charge in [-0.05, 0) is 13.3 Å². The molecule has 0 aliphatic rings. The molecule has 1 N–H and O–H groups in total. The smallest absolute Gasteiger partial charge is 0.0184 e. The van der Waals surface area contributed by atoms with E-state index in [1.54, 1.807) is 0 Å². The molecule has 2 nitrogen and oxygen atoms in total. The Kier molecular flexibility index (Phi) is 3.83. The van der Waals surface area contributed by atoms with Crippen LogP contribution >= 0.6 is 0 Å². The summed E-state index contributed by atoms with van der Waals surface area (Å²) < 4.78 is 0. The first kappa shape index (κ1) is 7.92. The molecule has 0 saturated heterocycles. The predicted molar refractivity (Wildman–Crippen MR) is 36.6 cm³/mol. The van der Waals surface area contributed by atoms with Gasteiger partial charge >= 0.3 is 0 Å². The molecule has 0 aromatic carbocycles. The summed E-state index contributed by atoms with van der Waals surface area (Å²) in [6.07, 6.45) is 1.18. The van der Waals surface area contributed by atoms with Crippen molar-refractivity contribution in [2.24, 2.45) is 0 Å². The van der Waals surface area contributed by atoms with Crippen molar-refractivity contribution in [2.75, 3.05) is 14.1 Å². The minimum atomic E-state index is 0.602. The Morgan fingerprint density at radius 2 is 2.00 bits per heavy atom. The summed E-state index contributed by atoms with van der Waals surface area (Å²) in [5.41, 5.74) is 3.23. The first-order valence-electron chi connectivity index (χ1n) is 3.10. The van der Waals surface area contributed by atoms with E-state index >= 15 is 0 Å². The molecule has 50 valence electrons.